The molecule has 1 saturated heterocycles. The number of carbonyl (C=O) groups is 5. The van der Waals surface area contributed by atoms with E-state index in [1.54, 1.807) is 53.1 Å². The Bertz CT molecular complexity index is 2190. The van der Waals surface area contributed by atoms with Crippen LogP contribution in [0.4, 0.5) is 0 Å². The van der Waals surface area contributed by atoms with Gasteiger partial charge in [0.2, 0.25) is 17.1 Å². The molecule has 0 saturated carbocycles. The van der Waals surface area contributed by atoms with E-state index in [1.165, 1.54) is 31.6 Å². The SMILES string of the molecule is CC(=O)OC[C@H]1O[C@@H](n2cc(Cn3c4c(c5ccccc53)C(=O)c3c[n+]([O-])c5ccccc5c3C4=O)nn2)[C@H](OC(C)=O)[C@@H]1OC(C)=O. The van der Waals surface area contributed by atoms with Crippen LogP contribution in [0.2, 0.25) is 0 Å². The molecule has 0 spiro atoms. The third-order valence-corrected chi connectivity index (χ3v) is 8.29. The van der Waals surface area contributed by atoms with E-state index in [2.05, 4.69) is 10.3 Å². The van der Waals surface area contributed by atoms with E-state index in [1.807, 2.05) is 0 Å². The Morgan fingerprint density at radius 1 is 0.896 bits per heavy atom. The van der Waals surface area contributed by atoms with E-state index < -0.39 is 54.0 Å². The topological polar surface area (TPSA) is 185 Å². The number of fused-ring (bicyclic) bond motifs is 6. The molecule has 0 bridgehead atoms. The summed E-state index contributed by atoms with van der Waals surface area (Å²) in [6.07, 6.45) is -1.76. The molecule has 4 atom stereocenters. The maximum atomic E-state index is 14.3. The fraction of sp³-hybridized carbons (Fsp3) is 0.273. The molecule has 0 radical (unpaired) electrons. The van der Waals surface area contributed by atoms with Crippen LogP contribution in [0.1, 0.15) is 64.7 Å². The van der Waals surface area contributed by atoms with Crippen molar-refractivity contribution in [2.75, 3.05) is 6.61 Å². The maximum absolute atomic E-state index is 14.3. The molecule has 0 N–H and O–H groups in total. The zero-order chi connectivity index (χ0) is 33.9. The van der Waals surface area contributed by atoms with Gasteiger partial charge < -0.3 is 28.7 Å². The summed E-state index contributed by atoms with van der Waals surface area (Å²) in [5.41, 5.74) is 1.66. The molecule has 2 aromatic carbocycles. The van der Waals surface area contributed by atoms with Crippen LogP contribution in [0.25, 0.3) is 21.8 Å². The lowest BCUT2D eigenvalue weighted by Gasteiger charge is -2.23. The average Bonchev–Trinajstić information content (AvgIpc) is 3.74. The second kappa shape index (κ2) is 11.7. The highest BCUT2D eigenvalue weighted by Crippen LogP contribution is 2.38. The van der Waals surface area contributed by atoms with Gasteiger partial charge in [-0.2, -0.15) is 4.73 Å². The summed E-state index contributed by atoms with van der Waals surface area (Å²) in [4.78, 5) is 63.8. The molecule has 2 aliphatic rings. The lowest BCUT2D eigenvalue weighted by Crippen LogP contribution is -2.40. The van der Waals surface area contributed by atoms with Crippen molar-refractivity contribution in [1.82, 2.24) is 19.6 Å². The number of rotatable bonds is 7. The second-order valence-electron chi connectivity index (χ2n) is 11.5. The third kappa shape index (κ3) is 5.04. The summed E-state index contributed by atoms with van der Waals surface area (Å²) in [7, 11) is 0. The Balaban J connectivity index is 1.29. The van der Waals surface area contributed by atoms with E-state index in [-0.39, 0.29) is 41.1 Å². The minimum absolute atomic E-state index is 0.00821. The minimum Gasteiger partial charge on any atom is -0.618 e. The van der Waals surface area contributed by atoms with Crippen LogP contribution < -0.4 is 4.73 Å². The van der Waals surface area contributed by atoms with Crippen molar-refractivity contribution < 1.29 is 47.7 Å². The molecule has 0 amide bonds. The first-order valence-corrected chi connectivity index (χ1v) is 14.9. The highest BCUT2D eigenvalue weighted by atomic mass is 16.7. The van der Waals surface area contributed by atoms with E-state index in [4.69, 9.17) is 18.9 Å². The lowest BCUT2D eigenvalue weighted by molar-refractivity contribution is -0.577. The van der Waals surface area contributed by atoms with Gasteiger partial charge in [0, 0.05) is 37.7 Å². The Hall–Kier alpha value is -5.96. The quantitative estimate of drug-likeness (QED) is 0.106. The predicted molar refractivity (Wildman–Crippen MR) is 162 cm³/mol. The largest absolute Gasteiger partial charge is 0.618 e. The molecule has 4 heterocycles. The predicted octanol–water partition coefficient (Wildman–Crippen LogP) is 2.17. The van der Waals surface area contributed by atoms with Gasteiger partial charge in [0.15, 0.2) is 24.6 Å². The summed E-state index contributed by atoms with van der Waals surface area (Å²) in [6, 6.07) is 13.6. The first kappa shape index (κ1) is 30.7. The number of nitrogens with zero attached hydrogens (tertiary/aromatic N) is 5. The molecule has 1 fully saturated rings. The van der Waals surface area contributed by atoms with Crippen molar-refractivity contribution in [3.63, 3.8) is 0 Å². The van der Waals surface area contributed by atoms with Gasteiger partial charge in [-0.05, 0) is 12.1 Å². The molecule has 1 aliphatic heterocycles. The molecule has 15 nitrogen and oxygen atoms in total. The number of pyridine rings is 1. The molecule has 5 aromatic rings. The molecule has 3 aromatic heterocycles. The van der Waals surface area contributed by atoms with Gasteiger partial charge in [-0.15, -0.1) is 5.10 Å². The van der Waals surface area contributed by atoms with Crippen molar-refractivity contribution in [3.05, 3.63) is 94.2 Å². The monoisotopic (exact) mass is 653 g/mol. The van der Waals surface area contributed by atoms with Crippen LogP contribution in [-0.2, 0) is 39.9 Å². The number of ether oxygens (including phenoxy) is 4. The number of benzene rings is 2. The van der Waals surface area contributed by atoms with Gasteiger partial charge in [-0.1, -0.05) is 35.5 Å². The molecular weight excluding hydrogens is 626 g/mol. The van der Waals surface area contributed by atoms with Gasteiger partial charge in [0.05, 0.1) is 34.8 Å². The number of carbonyl (C=O) groups excluding carboxylic acids is 5. The van der Waals surface area contributed by atoms with Crippen molar-refractivity contribution in [3.8, 4) is 0 Å². The Morgan fingerprint density at radius 2 is 1.58 bits per heavy atom. The molecule has 15 heteroatoms. The van der Waals surface area contributed by atoms with Crippen LogP contribution in [0, 0.1) is 5.21 Å². The molecule has 7 rings (SSSR count). The number of ketones is 2. The molecular formula is C33H27N5O10. The highest BCUT2D eigenvalue weighted by molar-refractivity contribution is 6.34. The molecule has 0 unspecified atom stereocenters. The van der Waals surface area contributed by atoms with E-state index >= 15 is 0 Å². The van der Waals surface area contributed by atoms with Crippen LogP contribution in [0.5, 0.6) is 0 Å². The van der Waals surface area contributed by atoms with Crippen molar-refractivity contribution in [1.29, 1.82) is 0 Å². The van der Waals surface area contributed by atoms with Gasteiger partial charge in [-0.25, -0.2) is 4.68 Å². The van der Waals surface area contributed by atoms with Crippen molar-refractivity contribution in [2.24, 2.45) is 0 Å². The smallest absolute Gasteiger partial charge is 0.303 e. The van der Waals surface area contributed by atoms with Crippen LogP contribution >= 0.6 is 0 Å². The maximum Gasteiger partial charge on any atom is 0.303 e. The summed E-state index contributed by atoms with van der Waals surface area (Å²) < 4.78 is 25.6. The fourth-order valence-electron chi connectivity index (χ4n) is 6.46. The first-order valence-electron chi connectivity index (χ1n) is 14.9. The van der Waals surface area contributed by atoms with Crippen LogP contribution in [-0.4, -0.2) is 74.0 Å². The number of para-hydroxylation sites is 2. The summed E-state index contributed by atoms with van der Waals surface area (Å²) in [5.74, 6) is -2.81. The van der Waals surface area contributed by atoms with Crippen LogP contribution in [0.15, 0.2) is 60.9 Å². The summed E-state index contributed by atoms with van der Waals surface area (Å²) >= 11 is 0. The number of hydrogen-bond acceptors (Lipinski definition) is 12. The van der Waals surface area contributed by atoms with E-state index in [0.717, 1.165) is 6.20 Å². The number of hydrogen-bond donors (Lipinski definition) is 0. The average molecular weight is 654 g/mol. The zero-order valence-corrected chi connectivity index (χ0v) is 25.8. The van der Waals surface area contributed by atoms with Gasteiger partial charge in [0.1, 0.15) is 24.1 Å². The minimum atomic E-state index is -1.17. The van der Waals surface area contributed by atoms with Gasteiger partial charge >= 0.3 is 17.9 Å². The zero-order valence-electron chi connectivity index (χ0n) is 25.8. The van der Waals surface area contributed by atoms with Crippen LogP contribution in [0.3, 0.4) is 0 Å². The second-order valence-corrected chi connectivity index (χ2v) is 11.5. The Kier molecular flexibility index (Phi) is 7.47. The fourth-order valence-corrected chi connectivity index (χ4v) is 6.46. The van der Waals surface area contributed by atoms with E-state index in [0.29, 0.717) is 26.7 Å². The normalized spacial score (nSPS) is 20.1. The Labute approximate surface area is 271 Å². The van der Waals surface area contributed by atoms with Gasteiger partial charge in [0.25, 0.3) is 0 Å². The molecule has 1 aliphatic carbocycles. The first-order chi connectivity index (χ1) is 23.0. The standard InChI is InChI=1S/C33H27N5O10/c1-16(39)45-15-25-31(46-17(2)40)32(47-18(3)41)33(48-25)37-13-19(34-35-37)12-36-23-10-6-4-8-20(23)27-28(36)30(43)26-21-9-5-7-11-24(21)38(44)14-22(26)29(27)42/h4-11,13-14,25,31-33H,12,15H2,1-3H3/t25-,31-,32-,33-/m1/s1. The van der Waals surface area contributed by atoms with E-state index in [9.17, 15) is 29.2 Å². The highest BCUT2D eigenvalue weighted by Gasteiger charge is 2.51. The summed E-state index contributed by atoms with van der Waals surface area (Å²) in [5, 5.41) is 22.2. The van der Waals surface area contributed by atoms with Gasteiger partial charge in [-0.3, -0.25) is 24.0 Å². The number of esters is 3. The summed E-state index contributed by atoms with van der Waals surface area (Å²) in [6.45, 7) is 3.28. The number of aromatic nitrogens is 5. The molecule has 244 valence electrons. The lowest BCUT2D eigenvalue weighted by atomic mass is 9.85. The van der Waals surface area contributed by atoms with Crippen molar-refractivity contribution >= 4 is 51.3 Å². The Morgan fingerprint density at radius 3 is 2.31 bits per heavy atom. The van der Waals surface area contributed by atoms with Crippen molar-refractivity contribution in [2.45, 2.75) is 51.9 Å². The molecule has 48 heavy (non-hydrogen) atoms. The third-order valence-electron chi connectivity index (χ3n) is 8.29.